The molecule has 0 saturated carbocycles. The monoisotopic (exact) mass is 523 g/mol. The number of carbonyl (C=O) groups is 2. The molecule has 0 aromatic carbocycles. The minimum absolute atomic E-state index is 0.131. The topological polar surface area (TPSA) is 137 Å². The maximum absolute atomic E-state index is 13.2. The van der Waals surface area contributed by atoms with Gasteiger partial charge in [0.1, 0.15) is 16.9 Å². The van der Waals surface area contributed by atoms with E-state index in [1.165, 1.54) is 11.3 Å². The number of aliphatic hydroxyl groups is 4. The normalized spacial score (nSPS) is 29.5. The van der Waals surface area contributed by atoms with Crippen molar-refractivity contribution in [1.29, 1.82) is 0 Å². The van der Waals surface area contributed by atoms with Crippen molar-refractivity contribution in [3.8, 4) is 0 Å². The number of nitrogens with zero attached hydrogens (tertiary/aromatic N) is 1. The Kier molecular flexibility index (Phi) is 11.4. The van der Waals surface area contributed by atoms with E-state index < -0.39 is 35.6 Å². The standard InChI is InChI=1S/C27H41NO7S/c1-16-7-6-8-19(13-29)9-10-21(17(2)11-20-15-36-23(14-30)28-20)35-24(32)12-22(31)27(4,5)26(34)18(3)25(16)33/h9,11,15-16,18,21-22,25,29-31,33H,6-8,10,12-14H2,1-5H3/t16-,18+,21-,22-,25-/m0/s1. The van der Waals surface area contributed by atoms with E-state index in [1.807, 2.05) is 19.9 Å². The molecule has 36 heavy (non-hydrogen) atoms. The second-order valence-electron chi connectivity index (χ2n) is 10.4. The third-order valence-electron chi connectivity index (χ3n) is 7.18. The summed E-state index contributed by atoms with van der Waals surface area (Å²) < 4.78 is 5.75. The van der Waals surface area contributed by atoms with Crippen LogP contribution in [0.1, 0.15) is 77.4 Å². The number of aromatic nitrogens is 1. The molecule has 0 unspecified atom stereocenters. The first kappa shape index (κ1) is 30.3. The maximum atomic E-state index is 13.2. The van der Waals surface area contributed by atoms with Crippen LogP contribution in [0.2, 0.25) is 0 Å². The van der Waals surface area contributed by atoms with Gasteiger partial charge in [-0.25, -0.2) is 4.98 Å². The van der Waals surface area contributed by atoms with Crippen LogP contribution in [0, 0.1) is 17.3 Å². The molecule has 202 valence electrons. The lowest BCUT2D eigenvalue weighted by Gasteiger charge is -2.34. The van der Waals surface area contributed by atoms with E-state index in [4.69, 9.17) is 4.74 Å². The summed E-state index contributed by atoms with van der Waals surface area (Å²) >= 11 is 1.33. The van der Waals surface area contributed by atoms with Crippen molar-refractivity contribution in [1.82, 2.24) is 4.98 Å². The van der Waals surface area contributed by atoms with Crippen LogP contribution in [-0.4, -0.2) is 62.1 Å². The van der Waals surface area contributed by atoms with Crippen LogP contribution in [0.3, 0.4) is 0 Å². The van der Waals surface area contributed by atoms with Gasteiger partial charge < -0.3 is 25.2 Å². The summed E-state index contributed by atoms with van der Waals surface area (Å²) in [6.45, 7) is 8.26. The number of ether oxygens (including phenoxy) is 1. The average Bonchev–Trinajstić information content (AvgIpc) is 3.30. The number of ketones is 1. The quantitative estimate of drug-likeness (QED) is 0.348. The first-order valence-corrected chi connectivity index (χ1v) is 13.4. The van der Waals surface area contributed by atoms with Crippen molar-refractivity contribution >= 4 is 29.2 Å². The van der Waals surface area contributed by atoms with Gasteiger partial charge in [0.05, 0.1) is 43.0 Å². The third-order valence-corrected chi connectivity index (χ3v) is 8.03. The number of rotatable bonds is 4. The fraction of sp³-hybridized carbons (Fsp3) is 0.667. The van der Waals surface area contributed by atoms with Gasteiger partial charge in [0.25, 0.3) is 0 Å². The molecule has 9 heteroatoms. The highest BCUT2D eigenvalue weighted by Crippen LogP contribution is 2.32. The van der Waals surface area contributed by atoms with Crippen LogP contribution in [0.15, 0.2) is 22.6 Å². The Hall–Kier alpha value is -1.91. The van der Waals surface area contributed by atoms with Crippen molar-refractivity contribution in [3.63, 3.8) is 0 Å². The second-order valence-corrected chi connectivity index (χ2v) is 11.3. The molecule has 1 aliphatic heterocycles. The molecule has 0 fully saturated rings. The summed E-state index contributed by atoms with van der Waals surface area (Å²) in [7, 11) is 0. The Morgan fingerprint density at radius 2 is 1.92 bits per heavy atom. The number of thiazole rings is 1. The summed E-state index contributed by atoms with van der Waals surface area (Å²) in [6, 6.07) is 0. The number of aliphatic hydroxyl groups excluding tert-OH is 4. The van der Waals surface area contributed by atoms with E-state index in [-0.39, 0.29) is 31.3 Å². The van der Waals surface area contributed by atoms with Crippen molar-refractivity contribution in [3.05, 3.63) is 33.3 Å². The van der Waals surface area contributed by atoms with Gasteiger partial charge >= 0.3 is 5.97 Å². The Bertz CT molecular complexity index is 952. The molecule has 0 aliphatic carbocycles. The highest BCUT2D eigenvalue weighted by atomic mass is 32.1. The molecular formula is C27H41NO7S. The number of hydrogen-bond donors (Lipinski definition) is 4. The van der Waals surface area contributed by atoms with Gasteiger partial charge in [0.2, 0.25) is 0 Å². The zero-order valence-electron chi connectivity index (χ0n) is 21.9. The van der Waals surface area contributed by atoms with Crippen LogP contribution in [0.5, 0.6) is 0 Å². The fourth-order valence-electron chi connectivity index (χ4n) is 4.48. The molecule has 8 nitrogen and oxygen atoms in total. The first-order valence-electron chi connectivity index (χ1n) is 12.5. The van der Waals surface area contributed by atoms with Gasteiger partial charge in [0.15, 0.2) is 0 Å². The summed E-state index contributed by atoms with van der Waals surface area (Å²) in [5.74, 6) is -1.81. The predicted octanol–water partition coefficient (Wildman–Crippen LogP) is 3.42. The lowest BCUT2D eigenvalue weighted by Crippen LogP contribution is -2.45. The number of Topliss-reactive ketones (excluding diaryl/α,β-unsaturated/α-hetero) is 1. The highest BCUT2D eigenvalue weighted by molar-refractivity contribution is 7.09. The molecular weight excluding hydrogens is 482 g/mol. The molecule has 0 spiro atoms. The van der Waals surface area contributed by atoms with Crippen LogP contribution in [0.25, 0.3) is 6.08 Å². The molecule has 0 amide bonds. The molecule has 1 aromatic rings. The van der Waals surface area contributed by atoms with Crippen LogP contribution >= 0.6 is 11.3 Å². The molecule has 1 aromatic heterocycles. The summed E-state index contributed by atoms with van der Waals surface area (Å²) in [5, 5.41) is 43.1. The van der Waals surface area contributed by atoms with Crippen molar-refractivity contribution < 1.29 is 34.8 Å². The zero-order valence-corrected chi connectivity index (χ0v) is 22.8. The third kappa shape index (κ3) is 8.05. The van der Waals surface area contributed by atoms with Crippen LogP contribution in [-0.2, 0) is 20.9 Å². The highest BCUT2D eigenvalue weighted by Gasteiger charge is 2.42. The molecule has 1 aliphatic rings. The fourth-order valence-corrected chi connectivity index (χ4v) is 5.09. The molecule has 0 bridgehead atoms. The van der Waals surface area contributed by atoms with Gasteiger partial charge in [-0.1, -0.05) is 33.8 Å². The Labute approximate surface area is 217 Å². The number of hydrogen-bond acceptors (Lipinski definition) is 9. The van der Waals surface area contributed by atoms with Crippen LogP contribution < -0.4 is 0 Å². The lowest BCUT2D eigenvalue weighted by atomic mass is 9.73. The Morgan fingerprint density at radius 1 is 1.22 bits per heavy atom. The number of carbonyl (C=O) groups excluding carboxylic acids is 2. The average molecular weight is 524 g/mol. The Balaban J connectivity index is 2.37. The molecule has 4 N–H and O–H groups in total. The van der Waals surface area contributed by atoms with Crippen molar-refractivity contribution in [2.75, 3.05) is 6.61 Å². The van der Waals surface area contributed by atoms with Gasteiger partial charge in [-0.2, -0.15) is 0 Å². The Morgan fingerprint density at radius 3 is 2.53 bits per heavy atom. The van der Waals surface area contributed by atoms with Crippen LogP contribution in [0.4, 0.5) is 0 Å². The molecule has 0 saturated heterocycles. The minimum Gasteiger partial charge on any atom is -0.457 e. The van der Waals surface area contributed by atoms with Gasteiger partial charge in [-0.05, 0) is 49.3 Å². The zero-order chi connectivity index (χ0) is 27.0. The lowest BCUT2D eigenvalue weighted by molar-refractivity contribution is -0.154. The van der Waals surface area contributed by atoms with E-state index in [1.54, 1.807) is 32.2 Å². The SMILES string of the molecule is CC(=Cc1csc(CO)n1)[C@@H]1CC=C(CO)CCC[C@H](C)[C@H](O)[C@@H](C)C(=O)C(C)(C)[C@@H](O)CC(=O)O1. The maximum Gasteiger partial charge on any atom is 0.309 e. The van der Waals surface area contributed by atoms with Crippen molar-refractivity contribution in [2.24, 2.45) is 17.3 Å². The molecule has 2 rings (SSSR count). The van der Waals surface area contributed by atoms with Crippen molar-refractivity contribution in [2.45, 2.75) is 91.6 Å². The van der Waals surface area contributed by atoms with E-state index in [9.17, 15) is 30.0 Å². The summed E-state index contributed by atoms with van der Waals surface area (Å²) in [4.78, 5) is 30.4. The summed E-state index contributed by atoms with van der Waals surface area (Å²) in [6.07, 6.45) is 2.81. The van der Waals surface area contributed by atoms with E-state index in [0.717, 1.165) is 17.6 Å². The van der Waals surface area contributed by atoms with Gasteiger partial charge in [-0.15, -0.1) is 11.3 Å². The summed E-state index contributed by atoms with van der Waals surface area (Å²) in [5.41, 5.74) is 0.925. The molecule has 0 radical (unpaired) electrons. The van der Waals surface area contributed by atoms with Gasteiger partial charge in [0, 0.05) is 17.7 Å². The largest absolute Gasteiger partial charge is 0.457 e. The van der Waals surface area contributed by atoms with E-state index in [0.29, 0.717) is 30.0 Å². The predicted molar refractivity (Wildman–Crippen MR) is 139 cm³/mol. The molecule has 2 heterocycles. The van der Waals surface area contributed by atoms with E-state index in [2.05, 4.69) is 4.98 Å². The van der Waals surface area contributed by atoms with Gasteiger partial charge in [-0.3, -0.25) is 9.59 Å². The first-order chi connectivity index (χ1) is 16.9. The molecule has 5 atom stereocenters. The van der Waals surface area contributed by atoms with E-state index >= 15 is 0 Å². The number of esters is 1. The smallest absolute Gasteiger partial charge is 0.309 e. The minimum atomic E-state index is -1.28. The second kappa shape index (κ2) is 13.6. The number of cyclic esters (lactones) is 1.